The Hall–Kier alpha value is -1.80. The van der Waals surface area contributed by atoms with E-state index in [0.29, 0.717) is 39.2 Å². The molecule has 2 aromatic carbocycles. The van der Waals surface area contributed by atoms with Gasteiger partial charge in [0.05, 0.1) is 15.6 Å². The highest BCUT2D eigenvalue weighted by molar-refractivity contribution is 9.10. The fraction of sp³-hybridized carbons (Fsp3) is 0.273. The van der Waals surface area contributed by atoms with E-state index in [1.54, 1.807) is 16.7 Å². The molecule has 0 fully saturated rings. The predicted octanol–water partition coefficient (Wildman–Crippen LogP) is 4.81. The van der Waals surface area contributed by atoms with Gasteiger partial charge in [0.1, 0.15) is 6.61 Å². The van der Waals surface area contributed by atoms with Crippen molar-refractivity contribution < 1.29 is 9.47 Å². The number of nitrogens with zero attached hydrogens (tertiary/aromatic N) is 2. The van der Waals surface area contributed by atoms with Crippen molar-refractivity contribution in [1.29, 1.82) is 0 Å². The number of thiazole rings is 1. The molecule has 0 radical (unpaired) electrons. The molecule has 31 heavy (non-hydrogen) atoms. The fourth-order valence-electron chi connectivity index (χ4n) is 3.24. The maximum atomic E-state index is 12.7. The molecule has 0 aliphatic carbocycles. The maximum absolute atomic E-state index is 12.7. The largest absolute Gasteiger partial charge is 0.489 e. The average molecular weight is 542 g/mol. The first-order valence-electron chi connectivity index (χ1n) is 9.75. The van der Waals surface area contributed by atoms with Crippen LogP contribution in [0.25, 0.3) is 6.08 Å². The van der Waals surface area contributed by atoms with E-state index in [9.17, 15) is 4.79 Å². The van der Waals surface area contributed by atoms with Gasteiger partial charge in [0.2, 0.25) is 0 Å². The number of fused-ring (bicyclic) bond motifs is 1. The number of hydrogen-bond donors (Lipinski definition) is 0. The van der Waals surface area contributed by atoms with Crippen LogP contribution in [-0.2, 0) is 13.2 Å². The molecular formula is C22H19BrCl2N2O3S. The van der Waals surface area contributed by atoms with Gasteiger partial charge in [0.25, 0.3) is 5.56 Å². The van der Waals surface area contributed by atoms with Gasteiger partial charge in [-0.15, -0.1) is 0 Å². The number of hydrogen-bond acceptors (Lipinski definition) is 5. The Morgan fingerprint density at radius 2 is 2.10 bits per heavy atom. The van der Waals surface area contributed by atoms with Gasteiger partial charge in [0, 0.05) is 28.7 Å². The smallest absolute Gasteiger partial charge is 0.270 e. The van der Waals surface area contributed by atoms with Crippen molar-refractivity contribution in [2.45, 2.75) is 26.5 Å². The number of rotatable bonds is 6. The molecule has 0 saturated carbocycles. The van der Waals surface area contributed by atoms with Crippen molar-refractivity contribution in [3.8, 4) is 11.5 Å². The summed E-state index contributed by atoms with van der Waals surface area (Å²) in [4.78, 5) is 18.0. The Balaban J connectivity index is 1.71. The molecule has 0 bridgehead atoms. The molecule has 0 saturated heterocycles. The van der Waals surface area contributed by atoms with E-state index < -0.39 is 0 Å². The lowest BCUT2D eigenvalue weighted by Crippen LogP contribution is -2.33. The lowest BCUT2D eigenvalue weighted by atomic mass is 10.2. The highest BCUT2D eigenvalue weighted by atomic mass is 79.9. The summed E-state index contributed by atoms with van der Waals surface area (Å²) in [6.07, 6.45) is 2.75. The second kappa shape index (κ2) is 9.77. The quantitative estimate of drug-likeness (QED) is 0.450. The minimum atomic E-state index is -0.0103. The van der Waals surface area contributed by atoms with Gasteiger partial charge in [0.15, 0.2) is 16.3 Å². The molecule has 2 heterocycles. The van der Waals surface area contributed by atoms with Crippen molar-refractivity contribution in [2.24, 2.45) is 4.99 Å². The first-order valence-corrected chi connectivity index (χ1v) is 12.1. The van der Waals surface area contributed by atoms with Crippen LogP contribution < -0.4 is 24.4 Å². The van der Waals surface area contributed by atoms with Crippen LogP contribution in [-0.4, -0.2) is 17.7 Å². The Morgan fingerprint density at radius 1 is 1.26 bits per heavy atom. The second-order valence-electron chi connectivity index (χ2n) is 6.87. The topological polar surface area (TPSA) is 52.8 Å². The van der Waals surface area contributed by atoms with Gasteiger partial charge in [-0.25, -0.2) is 0 Å². The van der Waals surface area contributed by atoms with Crippen molar-refractivity contribution in [1.82, 2.24) is 4.57 Å². The highest BCUT2D eigenvalue weighted by Gasteiger charge is 2.14. The Bertz CT molecular complexity index is 1300. The molecule has 1 aromatic heterocycles. The lowest BCUT2D eigenvalue weighted by Gasteiger charge is -2.15. The number of benzene rings is 2. The van der Waals surface area contributed by atoms with Crippen LogP contribution in [0.2, 0.25) is 10.0 Å². The Labute approximate surface area is 201 Å². The van der Waals surface area contributed by atoms with Crippen LogP contribution in [0.5, 0.6) is 11.5 Å². The van der Waals surface area contributed by atoms with Gasteiger partial charge in [-0.2, -0.15) is 0 Å². The Morgan fingerprint density at radius 3 is 2.84 bits per heavy atom. The maximum Gasteiger partial charge on any atom is 0.270 e. The van der Waals surface area contributed by atoms with Crippen LogP contribution >= 0.6 is 50.5 Å². The molecular weight excluding hydrogens is 523 g/mol. The summed E-state index contributed by atoms with van der Waals surface area (Å²) in [7, 11) is 0. The van der Waals surface area contributed by atoms with Gasteiger partial charge in [-0.1, -0.05) is 40.6 Å². The fourth-order valence-corrected chi connectivity index (χ4v) is 5.30. The lowest BCUT2D eigenvalue weighted by molar-refractivity contribution is 0.268. The van der Waals surface area contributed by atoms with E-state index >= 15 is 0 Å². The molecule has 0 atom stereocenters. The molecule has 1 aliphatic heterocycles. The average Bonchev–Trinajstić information content (AvgIpc) is 3.05. The van der Waals surface area contributed by atoms with Crippen molar-refractivity contribution in [3.05, 3.63) is 75.7 Å². The van der Waals surface area contributed by atoms with Crippen LogP contribution in [0.15, 0.2) is 44.6 Å². The predicted molar refractivity (Wildman–Crippen MR) is 129 cm³/mol. The van der Waals surface area contributed by atoms with Gasteiger partial charge >= 0.3 is 0 Å². The molecule has 162 valence electrons. The zero-order chi connectivity index (χ0) is 22.0. The van der Waals surface area contributed by atoms with Crippen LogP contribution in [0.1, 0.15) is 24.5 Å². The number of ether oxygens (including phenoxy) is 2. The Kier molecular flexibility index (Phi) is 7.06. The van der Waals surface area contributed by atoms with E-state index in [1.807, 2.05) is 31.2 Å². The summed E-state index contributed by atoms with van der Waals surface area (Å²) in [5.74, 6) is 1.15. The molecule has 9 heteroatoms. The molecule has 0 N–H and O–H groups in total. The van der Waals surface area contributed by atoms with Crippen LogP contribution in [0.4, 0.5) is 0 Å². The van der Waals surface area contributed by atoms with E-state index in [2.05, 4.69) is 20.9 Å². The standard InChI is InChI=1S/C22H19BrCl2N2O3S/c1-2-29-20-16(23)8-13(10-19-21(28)27-7-3-6-26-22(27)31-19)9-18(20)30-12-14-4-5-15(24)11-17(14)25/h4-5,8-11H,2-3,6-7,12H2,1H3. The molecule has 0 spiro atoms. The molecule has 0 amide bonds. The minimum absolute atomic E-state index is 0.0103. The summed E-state index contributed by atoms with van der Waals surface area (Å²) < 4.78 is 15.0. The zero-order valence-electron chi connectivity index (χ0n) is 16.7. The SMILES string of the molecule is CCOc1c(Br)cc(C=c2sc3n(c2=O)CCCN=3)cc1OCc1ccc(Cl)cc1Cl. The summed E-state index contributed by atoms with van der Waals surface area (Å²) in [5.41, 5.74) is 1.62. The third kappa shape index (κ3) is 5.00. The van der Waals surface area contributed by atoms with Crippen molar-refractivity contribution in [3.63, 3.8) is 0 Å². The summed E-state index contributed by atoms with van der Waals surface area (Å²) in [5, 5.41) is 1.10. The number of halogens is 3. The third-order valence-electron chi connectivity index (χ3n) is 4.69. The molecule has 4 rings (SSSR count). The van der Waals surface area contributed by atoms with Gasteiger partial charge in [-0.3, -0.25) is 14.4 Å². The van der Waals surface area contributed by atoms with Crippen molar-refractivity contribution in [2.75, 3.05) is 13.2 Å². The molecule has 1 aliphatic rings. The van der Waals surface area contributed by atoms with E-state index in [-0.39, 0.29) is 12.2 Å². The second-order valence-corrected chi connectivity index (χ2v) is 9.58. The normalized spacial score (nSPS) is 13.6. The summed E-state index contributed by atoms with van der Waals surface area (Å²) >= 11 is 17.2. The molecule has 5 nitrogen and oxygen atoms in total. The molecule has 0 unspecified atom stereocenters. The van der Waals surface area contributed by atoms with Gasteiger partial charge in [-0.05, 0) is 65.2 Å². The summed E-state index contributed by atoms with van der Waals surface area (Å²) in [6.45, 7) is 4.12. The van der Waals surface area contributed by atoms with E-state index in [4.69, 9.17) is 32.7 Å². The van der Waals surface area contributed by atoms with Crippen LogP contribution in [0.3, 0.4) is 0 Å². The minimum Gasteiger partial charge on any atom is -0.489 e. The van der Waals surface area contributed by atoms with Crippen molar-refractivity contribution >= 4 is 56.5 Å². The first kappa shape index (κ1) is 22.4. The molecule has 3 aromatic rings. The van der Waals surface area contributed by atoms with E-state index in [1.165, 1.54) is 11.3 Å². The third-order valence-corrected chi connectivity index (χ3v) is 6.91. The van der Waals surface area contributed by atoms with Gasteiger partial charge < -0.3 is 9.47 Å². The number of aromatic nitrogens is 1. The monoisotopic (exact) mass is 540 g/mol. The highest BCUT2D eigenvalue weighted by Crippen LogP contribution is 2.38. The van der Waals surface area contributed by atoms with Crippen LogP contribution in [0, 0.1) is 0 Å². The summed E-state index contributed by atoms with van der Waals surface area (Å²) in [6, 6.07) is 9.05. The zero-order valence-corrected chi connectivity index (χ0v) is 20.6. The first-order chi connectivity index (χ1) is 15.0. The van der Waals surface area contributed by atoms with E-state index in [0.717, 1.165) is 33.4 Å².